The van der Waals surface area contributed by atoms with E-state index in [0.29, 0.717) is 4.88 Å². The number of carboxylic acids is 1. The average Bonchev–Trinajstić information content (AvgIpc) is 2.74. The average molecular weight is 326 g/mol. The summed E-state index contributed by atoms with van der Waals surface area (Å²) in [4.78, 5) is 16.2. The number of aromatic nitrogens is 1. The van der Waals surface area contributed by atoms with Crippen molar-refractivity contribution in [3.8, 4) is 10.4 Å². The Labute approximate surface area is 118 Å². The van der Waals surface area contributed by atoms with E-state index in [2.05, 4.69) is 20.9 Å². The van der Waals surface area contributed by atoms with Gasteiger partial charge in [-0.1, -0.05) is 48.0 Å². The molecule has 18 heavy (non-hydrogen) atoms. The zero-order valence-corrected chi connectivity index (χ0v) is 12.4. The number of thiazole rings is 1. The van der Waals surface area contributed by atoms with Crippen LogP contribution in [-0.4, -0.2) is 16.1 Å². The van der Waals surface area contributed by atoms with Gasteiger partial charge in [-0.2, -0.15) is 0 Å². The van der Waals surface area contributed by atoms with E-state index in [4.69, 9.17) is 0 Å². The molecule has 0 bridgehead atoms. The van der Waals surface area contributed by atoms with Gasteiger partial charge in [0.1, 0.15) is 0 Å². The first-order valence-electron chi connectivity index (χ1n) is 5.49. The molecule has 0 amide bonds. The molecule has 0 saturated carbocycles. The van der Waals surface area contributed by atoms with E-state index in [-0.39, 0.29) is 11.6 Å². The number of benzene rings is 1. The first-order chi connectivity index (χ1) is 8.50. The van der Waals surface area contributed by atoms with Gasteiger partial charge in [-0.25, -0.2) is 9.78 Å². The fourth-order valence-corrected chi connectivity index (χ4v) is 3.27. The van der Waals surface area contributed by atoms with Gasteiger partial charge in [0.2, 0.25) is 0 Å². The topological polar surface area (TPSA) is 50.2 Å². The molecule has 0 atom stereocenters. The summed E-state index contributed by atoms with van der Waals surface area (Å²) in [7, 11) is 0. The summed E-state index contributed by atoms with van der Waals surface area (Å²) in [6.45, 7) is 4.02. The standard InChI is InChI=1S/C13H12BrNO2S/c1-7(2)12-15-10(13(16)17)11(18-12)8-5-3-4-6-9(8)14/h3-7H,1-2H3,(H,16,17). The first-order valence-corrected chi connectivity index (χ1v) is 7.10. The van der Waals surface area contributed by atoms with Crippen LogP contribution in [0.5, 0.6) is 0 Å². The zero-order chi connectivity index (χ0) is 13.3. The lowest BCUT2D eigenvalue weighted by Crippen LogP contribution is -1.99. The quantitative estimate of drug-likeness (QED) is 0.910. The van der Waals surface area contributed by atoms with Crippen LogP contribution >= 0.6 is 27.3 Å². The highest BCUT2D eigenvalue weighted by Gasteiger charge is 2.21. The Kier molecular flexibility index (Phi) is 3.82. The van der Waals surface area contributed by atoms with Crippen LogP contribution in [0.1, 0.15) is 35.3 Å². The van der Waals surface area contributed by atoms with Crippen molar-refractivity contribution in [1.29, 1.82) is 0 Å². The number of rotatable bonds is 3. The largest absolute Gasteiger partial charge is 0.476 e. The highest BCUT2D eigenvalue weighted by Crippen LogP contribution is 2.37. The molecule has 2 aromatic rings. The second-order valence-electron chi connectivity index (χ2n) is 4.17. The maximum absolute atomic E-state index is 11.3. The molecule has 0 unspecified atom stereocenters. The zero-order valence-electron chi connectivity index (χ0n) is 9.98. The molecule has 2 rings (SSSR count). The Balaban J connectivity index is 2.63. The van der Waals surface area contributed by atoms with Gasteiger partial charge in [0.25, 0.3) is 0 Å². The number of aromatic carboxylic acids is 1. The van der Waals surface area contributed by atoms with Gasteiger partial charge in [-0.3, -0.25) is 0 Å². The van der Waals surface area contributed by atoms with Crippen molar-refractivity contribution in [1.82, 2.24) is 4.98 Å². The minimum absolute atomic E-state index is 0.135. The predicted molar refractivity (Wildman–Crippen MR) is 76.3 cm³/mol. The van der Waals surface area contributed by atoms with Crippen LogP contribution in [-0.2, 0) is 0 Å². The van der Waals surface area contributed by atoms with E-state index in [9.17, 15) is 9.90 Å². The number of hydrogen-bond acceptors (Lipinski definition) is 3. The first kappa shape index (κ1) is 13.2. The van der Waals surface area contributed by atoms with Gasteiger partial charge < -0.3 is 5.11 Å². The maximum Gasteiger partial charge on any atom is 0.356 e. The molecule has 5 heteroatoms. The Morgan fingerprint density at radius 3 is 2.61 bits per heavy atom. The van der Waals surface area contributed by atoms with E-state index in [1.165, 1.54) is 11.3 Å². The highest BCUT2D eigenvalue weighted by atomic mass is 79.9. The minimum atomic E-state index is -0.982. The predicted octanol–water partition coefficient (Wildman–Crippen LogP) is 4.39. The summed E-state index contributed by atoms with van der Waals surface area (Å²) >= 11 is 4.89. The molecular formula is C13H12BrNO2S. The van der Waals surface area contributed by atoms with Crippen LogP contribution in [0, 0.1) is 0 Å². The van der Waals surface area contributed by atoms with Crippen LogP contribution in [0.4, 0.5) is 0 Å². The Morgan fingerprint density at radius 1 is 1.39 bits per heavy atom. The van der Waals surface area contributed by atoms with Gasteiger partial charge in [0, 0.05) is 16.0 Å². The second-order valence-corrected chi connectivity index (χ2v) is 6.05. The third-order valence-electron chi connectivity index (χ3n) is 2.46. The molecule has 0 aliphatic rings. The summed E-state index contributed by atoms with van der Waals surface area (Å²) < 4.78 is 0.881. The van der Waals surface area contributed by atoms with Crippen molar-refractivity contribution in [3.63, 3.8) is 0 Å². The van der Waals surface area contributed by atoms with Crippen molar-refractivity contribution >= 4 is 33.2 Å². The van der Waals surface area contributed by atoms with Crippen LogP contribution in [0.15, 0.2) is 28.7 Å². The van der Waals surface area contributed by atoms with Crippen molar-refractivity contribution in [2.75, 3.05) is 0 Å². The van der Waals surface area contributed by atoms with Crippen LogP contribution in [0.3, 0.4) is 0 Å². The Bertz CT molecular complexity index is 592. The summed E-state index contributed by atoms with van der Waals surface area (Å²) in [5, 5.41) is 10.1. The molecule has 0 radical (unpaired) electrons. The monoisotopic (exact) mass is 325 g/mol. The lowest BCUT2D eigenvalue weighted by molar-refractivity contribution is 0.0692. The lowest BCUT2D eigenvalue weighted by Gasteiger charge is -2.01. The number of carbonyl (C=O) groups is 1. The third kappa shape index (κ3) is 2.47. The Hall–Kier alpha value is -1.20. The normalized spacial score (nSPS) is 10.9. The van der Waals surface area contributed by atoms with E-state index >= 15 is 0 Å². The SMILES string of the molecule is CC(C)c1nc(C(=O)O)c(-c2ccccc2Br)s1. The molecular weight excluding hydrogens is 314 g/mol. The van der Waals surface area contributed by atoms with E-state index in [1.54, 1.807) is 0 Å². The van der Waals surface area contributed by atoms with Gasteiger partial charge in [-0.15, -0.1) is 11.3 Å². The molecule has 0 spiro atoms. The van der Waals surface area contributed by atoms with Gasteiger partial charge in [-0.05, 0) is 6.07 Å². The highest BCUT2D eigenvalue weighted by molar-refractivity contribution is 9.10. The van der Waals surface area contributed by atoms with E-state index in [1.807, 2.05) is 38.1 Å². The summed E-state index contributed by atoms with van der Waals surface area (Å²) in [6, 6.07) is 7.59. The smallest absolute Gasteiger partial charge is 0.356 e. The summed E-state index contributed by atoms with van der Waals surface area (Å²) in [5.74, 6) is -0.756. The molecule has 1 heterocycles. The minimum Gasteiger partial charge on any atom is -0.476 e. The van der Waals surface area contributed by atoms with E-state index < -0.39 is 5.97 Å². The molecule has 0 saturated heterocycles. The van der Waals surface area contributed by atoms with Gasteiger partial charge >= 0.3 is 5.97 Å². The third-order valence-corrected chi connectivity index (χ3v) is 4.54. The Morgan fingerprint density at radius 2 is 2.06 bits per heavy atom. The van der Waals surface area contributed by atoms with Crippen molar-refractivity contribution < 1.29 is 9.90 Å². The molecule has 0 aliphatic carbocycles. The number of hydrogen-bond donors (Lipinski definition) is 1. The molecule has 1 aromatic carbocycles. The molecule has 1 aromatic heterocycles. The van der Waals surface area contributed by atoms with Crippen LogP contribution < -0.4 is 0 Å². The fourth-order valence-electron chi connectivity index (χ4n) is 1.56. The molecule has 1 N–H and O–H groups in total. The molecule has 3 nitrogen and oxygen atoms in total. The second kappa shape index (κ2) is 5.20. The molecule has 94 valence electrons. The van der Waals surface area contributed by atoms with Crippen molar-refractivity contribution in [3.05, 3.63) is 39.4 Å². The van der Waals surface area contributed by atoms with Crippen LogP contribution in [0.25, 0.3) is 10.4 Å². The molecule has 0 fully saturated rings. The van der Waals surface area contributed by atoms with Gasteiger partial charge in [0.05, 0.1) is 9.88 Å². The lowest BCUT2D eigenvalue weighted by atomic mass is 10.1. The number of carboxylic acid groups (broad SMARTS) is 1. The maximum atomic E-state index is 11.3. The van der Waals surface area contributed by atoms with Crippen molar-refractivity contribution in [2.24, 2.45) is 0 Å². The van der Waals surface area contributed by atoms with Crippen LogP contribution in [0.2, 0.25) is 0 Å². The van der Waals surface area contributed by atoms with Crippen molar-refractivity contribution in [2.45, 2.75) is 19.8 Å². The van der Waals surface area contributed by atoms with Gasteiger partial charge in [0.15, 0.2) is 5.69 Å². The number of halogens is 1. The molecule has 0 aliphatic heterocycles. The number of nitrogens with zero attached hydrogens (tertiary/aromatic N) is 1. The summed E-state index contributed by atoms with van der Waals surface area (Å²) in [5.41, 5.74) is 1.01. The summed E-state index contributed by atoms with van der Waals surface area (Å²) in [6.07, 6.45) is 0. The fraction of sp³-hybridized carbons (Fsp3) is 0.231. The van der Waals surface area contributed by atoms with E-state index in [0.717, 1.165) is 15.0 Å².